The second kappa shape index (κ2) is 10.6. The van der Waals surface area contributed by atoms with E-state index >= 15 is 0 Å². The average molecular weight is 408 g/mol. The van der Waals surface area contributed by atoms with Gasteiger partial charge in [0.15, 0.2) is 0 Å². The zero-order valence-electron chi connectivity index (χ0n) is 18.4. The predicted octanol–water partition coefficient (Wildman–Crippen LogP) is 2.55. The normalized spacial score (nSPS) is 13.5. The second-order valence-corrected chi connectivity index (χ2v) is 9.27. The number of esters is 2. The number of likely N-dealkylation sites (N-methyl/N-ethyl adjacent to an activating group) is 1. The van der Waals surface area contributed by atoms with Crippen LogP contribution < -0.4 is 5.32 Å². The molecule has 0 saturated carbocycles. The van der Waals surface area contributed by atoms with Crippen LogP contribution in [0, 0.1) is 0 Å². The Labute approximate surface area is 167 Å². The number of nitrogens with one attached hydrogen (secondary N) is 1. The lowest BCUT2D eigenvalue weighted by molar-refractivity contribution is -0.902. The molecule has 164 valence electrons. The van der Waals surface area contributed by atoms with Crippen LogP contribution in [-0.2, 0) is 23.8 Å². The minimum absolute atomic E-state index is 0.00560. The Hall–Kier alpha value is -1.90. The van der Waals surface area contributed by atoms with Crippen molar-refractivity contribution < 1.29 is 37.5 Å². The molecule has 0 aromatic rings. The SMILES string of the molecule is CC(C)(C)OC(=O)CCC(NC(=O)OC(C)(C)C)C(=O)OCC[N+](C)(C)CF. The molecular formula is C19H36FN2O6+. The van der Waals surface area contributed by atoms with E-state index in [4.69, 9.17) is 14.2 Å². The molecule has 0 fully saturated rings. The van der Waals surface area contributed by atoms with Crippen molar-refractivity contribution in [3.05, 3.63) is 0 Å². The van der Waals surface area contributed by atoms with E-state index in [1.807, 2.05) is 0 Å². The highest BCUT2D eigenvalue weighted by Crippen LogP contribution is 2.12. The molecule has 0 heterocycles. The first kappa shape index (κ1) is 26.1. The van der Waals surface area contributed by atoms with Crippen molar-refractivity contribution >= 4 is 18.0 Å². The minimum Gasteiger partial charge on any atom is -0.460 e. The van der Waals surface area contributed by atoms with Crippen molar-refractivity contribution in [1.82, 2.24) is 5.32 Å². The molecule has 0 aliphatic carbocycles. The van der Waals surface area contributed by atoms with Gasteiger partial charge in [-0.2, -0.15) is 4.39 Å². The van der Waals surface area contributed by atoms with Crippen LogP contribution >= 0.6 is 0 Å². The van der Waals surface area contributed by atoms with Crippen molar-refractivity contribution in [3.63, 3.8) is 0 Å². The molecule has 8 nitrogen and oxygen atoms in total. The van der Waals surface area contributed by atoms with Crippen molar-refractivity contribution in [2.75, 3.05) is 34.0 Å². The summed E-state index contributed by atoms with van der Waals surface area (Å²) in [5.74, 6) is -1.21. The maximum atomic E-state index is 12.8. The number of carbonyl (C=O) groups excluding carboxylic acids is 3. The number of nitrogens with zero attached hydrogens (tertiary/aromatic N) is 1. The molecule has 9 heteroatoms. The molecule has 0 aromatic carbocycles. The van der Waals surface area contributed by atoms with E-state index in [2.05, 4.69) is 5.32 Å². The highest BCUT2D eigenvalue weighted by Gasteiger charge is 2.28. The van der Waals surface area contributed by atoms with E-state index in [0.29, 0.717) is 0 Å². The Bertz CT molecular complexity index is 538. The number of amides is 1. The zero-order valence-corrected chi connectivity index (χ0v) is 18.4. The maximum absolute atomic E-state index is 12.8. The summed E-state index contributed by atoms with van der Waals surface area (Å²) in [7, 11) is 3.32. The van der Waals surface area contributed by atoms with Crippen molar-refractivity contribution in [2.24, 2.45) is 0 Å². The molecule has 0 radical (unpaired) electrons. The number of carbonyl (C=O) groups is 3. The zero-order chi connectivity index (χ0) is 22.2. The number of alkyl carbamates (subject to hydrolysis) is 1. The van der Waals surface area contributed by atoms with Gasteiger partial charge in [-0.15, -0.1) is 0 Å². The molecule has 0 spiro atoms. The number of hydrogen-bond donors (Lipinski definition) is 1. The molecule has 0 aliphatic heterocycles. The summed E-state index contributed by atoms with van der Waals surface area (Å²) in [5, 5.41) is 2.43. The number of halogens is 1. The standard InChI is InChI=1S/C19H35FN2O6/c1-18(2,3)27-15(23)10-9-14(21-17(25)28-19(4,5)6)16(24)26-12-11-22(7,8)13-20/h14H,9-13H2,1-8H3/p+1. The first-order valence-electron chi connectivity index (χ1n) is 9.30. The summed E-state index contributed by atoms with van der Waals surface area (Å²) >= 11 is 0. The maximum Gasteiger partial charge on any atom is 0.408 e. The second-order valence-electron chi connectivity index (χ2n) is 9.27. The quantitative estimate of drug-likeness (QED) is 0.273. The Balaban J connectivity index is 4.89. The summed E-state index contributed by atoms with van der Waals surface area (Å²) in [6, 6.07) is -1.08. The third-order valence-corrected chi connectivity index (χ3v) is 3.30. The molecule has 1 atom stereocenters. The molecule has 0 saturated heterocycles. The van der Waals surface area contributed by atoms with Gasteiger partial charge in [-0.05, 0) is 48.0 Å². The molecule has 1 unspecified atom stereocenters. The highest BCUT2D eigenvalue weighted by atomic mass is 19.1. The van der Waals surface area contributed by atoms with Gasteiger partial charge in [-0.25, -0.2) is 9.59 Å². The van der Waals surface area contributed by atoms with Crippen molar-refractivity contribution in [2.45, 2.75) is 71.6 Å². The van der Waals surface area contributed by atoms with Crippen LogP contribution in [0.3, 0.4) is 0 Å². The topological polar surface area (TPSA) is 90.9 Å². The minimum atomic E-state index is -1.08. The Morgan fingerprint density at radius 2 is 1.54 bits per heavy atom. The van der Waals surface area contributed by atoms with E-state index in [1.54, 1.807) is 55.6 Å². The molecule has 28 heavy (non-hydrogen) atoms. The fraction of sp³-hybridized carbons (Fsp3) is 0.842. The van der Waals surface area contributed by atoms with E-state index in [0.717, 1.165) is 0 Å². The first-order chi connectivity index (χ1) is 12.5. The largest absolute Gasteiger partial charge is 0.460 e. The number of quaternary nitrogens is 1. The van der Waals surface area contributed by atoms with Crippen LogP contribution in [0.15, 0.2) is 0 Å². The molecule has 0 aromatic heterocycles. The summed E-state index contributed by atoms with van der Waals surface area (Å²) in [4.78, 5) is 36.3. The van der Waals surface area contributed by atoms with Gasteiger partial charge < -0.3 is 19.5 Å². The fourth-order valence-electron chi connectivity index (χ4n) is 1.91. The summed E-state index contributed by atoms with van der Waals surface area (Å²) in [6.07, 6.45) is -0.883. The van der Waals surface area contributed by atoms with Crippen molar-refractivity contribution in [3.8, 4) is 0 Å². The van der Waals surface area contributed by atoms with Crippen LogP contribution in [0.2, 0.25) is 0 Å². The molecule has 0 rings (SSSR count). The predicted molar refractivity (Wildman–Crippen MR) is 102 cm³/mol. The molecule has 1 N–H and O–H groups in total. The van der Waals surface area contributed by atoms with E-state index < -0.39 is 42.1 Å². The molecule has 0 bridgehead atoms. The van der Waals surface area contributed by atoms with Crippen molar-refractivity contribution in [1.29, 1.82) is 0 Å². The number of ether oxygens (including phenoxy) is 3. The fourth-order valence-corrected chi connectivity index (χ4v) is 1.91. The van der Waals surface area contributed by atoms with Crippen LogP contribution in [0.4, 0.5) is 9.18 Å². The third-order valence-electron chi connectivity index (χ3n) is 3.30. The Kier molecular flexibility index (Phi) is 9.87. The Morgan fingerprint density at radius 3 is 2.00 bits per heavy atom. The summed E-state index contributed by atoms with van der Waals surface area (Å²) in [6.45, 7) is 9.94. The van der Waals surface area contributed by atoms with Crippen LogP contribution in [0.1, 0.15) is 54.4 Å². The van der Waals surface area contributed by atoms with E-state index in [9.17, 15) is 18.8 Å². The molecule has 1 amide bonds. The summed E-state index contributed by atoms with van der Waals surface area (Å²) in [5.41, 5.74) is -1.39. The monoisotopic (exact) mass is 407 g/mol. The average Bonchev–Trinajstić information content (AvgIpc) is 2.47. The smallest absolute Gasteiger partial charge is 0.408 e. The van der Waals surface area contributed by atoms with Crippen LogP contribution in [0.5, 0.6) is 0 Å². The van der Waals surface area contributed by atoms with Crippen LogP contribution in [-0.4, -0.2) is 73.8 Å². The highest BCUT2D eigenvalue weighted by molar-refractivity contribution is 5.82. The lowest BCUT2D eigenvalue weighted by Crippen LogP contribution is -2.46. The lowest BCUT2D eigenvalue weighted by atomic mass is 10.1. The van der Waals surface area contributed by atoms with E-state index in [-0.39, 0.29) is 30.5 Å². The van der Waals surface area contributed by atoms with E-state index in [1.165, 1.54) is 0 Å². The van der Waals surface area contributed by atoms with Gasteiger partial charge in [0.1, 0.15) is 30.4 Å². The van der Waals surface area contributed by atoms with Crippen LogP contribution in [0.25, 0.3) is 0 Å². The summed E-state index contributed by atoms with van der Waals surface area (Å²) < 4.78 is 28.4. The number of alkyl halides is 1. The van der Waals surface area contributed by atoms with Gasteiger partial charge in [0, 0.05) is 6.42 Å². The molecule has 0 aliphatic rings. The number of hydrogen-bond acceptors (Lipinski definition) is 6. The number of rotatable bonds is 9. The van der Waals surface area contributed by atoms with Gasteiger partial charge in [0.05, 0.1) is 14.1 Å². The van der Waals surface area contributed by atoms with Gasteiger partial charge >= 0.3 is 18.0 Å². The van der Waals surface area contributed by atoms with Gasteiger partial charge in [0.2, 0.25) is 6.80 Å². The van der Waals surface area contributed by atoms with Gasteiger partial charge in [-0.3, -0.25) is 9.28 Å². The molecular weight excluding hydrogens is 371 g/mol. The first-order valence-corrected chi connectivity index (χ1v) is 9.30. The van der Waals surface area contributed by atoms with Gasteiger partial charge in [-0.1, -0.05) is 0 Å². The third kappa shape index (κ3) is 13.3. The lowest BCUT2D eigenvalue weighted by Gasteiger charge is -2.26. The Morgan fingerprint density at radius 1 is 1.00 bits per heavy atom. The van der Waals surface area contributed by atoms with Gasteiger partial charge in [0.25, 0.3) is 0 Å².